The molecule has 76 valence electrons. The molecule has 0 radical (unpaired) electrons. The first-order chi connectivity index (χ1) is 6.81. The van der Waals surface area contributed by atoms with Crippen molar-refractivity contribution in [3.05, 3.63) is 35.4 Å². The molecule has 2 heteroatoms. The normalized spacial score (nSPS) is 26.7. The summed E-state index contributed by atoms with van der Waals surface area (Å²) in [7, 11) is 0. The average molecular weight is 193 g/mol. The third-order valence-corrected chi connectivity index (χ3v) is 3.04. The molecule has 0 aromatic heterocycles. The van der Waals surface area contributed by atoms with Gasteiger partial charge in [-0.3, -0.25) is 4.39 Å². The molecule has 1 saturated heterocycles. The summed E-state index contributed by atoms with van der Waals surface area (Å²) < 4.78 is 12.7. The van der Waals surface area contributed by atoms with Crippen molar-refractivity contribution in [1.29, 1.82) is 0 Å². The highest BCUT2D eigenvalue weighted by molar-refractivity contribution is 5.26. The molecular weight excluding hydrogens is 177 g/mol. The molecule has 0 unspecified atom stereocenters. The van der Waals surface area contributed by atoms with Crippen LogP contribution in [0.3, 0.4) is 0 Å². The number of hydrogen-bond acceptors (Lipinski definition) is 1. The Balaban J connectivity index is 2.17. The van der Waals surface area contributed by atoms with E-state index in [9.17, 15) is 4.39 Å². The van der Waals surface area contributed by atoms with Crippen LogP contribution in [0.25, 0.3) is 0 Å². The second kappa shape index (κ2) is 4.09. The highest BCUT2D eigenvalue weighted by Gasteiger charge is 2.27. The van der Waals surface area contributed by atoms with E-state index in [0.29, 0.717) is 5.92 Å². The van der Waals surface area contributed by atoms with Gasteiger partial charge >= 0.3 is 0 Å². The topological polar surface area (TPSA) is 12.0 Å². The summed E-state index contributed by atoms with van der Waals surface area (Å²) in [6, 6.07) is 8.44. The third kappa shape index (κ3) is 1.80. The number of nitrogens with one attached hydrogen (secondary N) is 1. The van der Waals surface area contributed by atoms with Crippen LogP contribution in [0.4, 0.5) is 4.39 Å². The lowest BCUT2D eigenvalue weighted by atomic mass is 9.89. The van der Waals surface area contributed by atoms with E-state index in [1.807, 2.05) is 0 Å². The van der Waals surface area contributed by atoms with E-state index in [4.69, 9.17) is 0 Å². The maximum Gasteiger partial charge on any atom is 0.0941 e. The predicted molar refractivity (Wildman–Crippen MR) is 56.3 cm³/mol. The van der Waals surface area contributed by atoms with Gasteiger partial charge in [-0.25, -0.2) is 0 Å². The van der Waals surface area contributed by atoms with Crippen molar-refractivity contribution in [2.75, 3.05) is 19.8 Å². The molecule has 1 aromatic rings. The average Bonchev–Trinajstić information content (AvgIpc) is 2.67. The van der Waals surface area contributed by atoms with Crippen molar-refractivity contribution >= 4 is 0 Å². The van der Waals surface area contributed by atoms with Crippen LogP contribution in [0, 0.1) is 12.8 Å². The molecule has 1 heterocycles. The van der Waals surface area contributed by atoms with Gasteiger partial charge in [-0.05, 0) is 12.5 Å². The molecule has 1 aliphatic rings. The predicted octanol–water partition coefficient (Wildman–Crippen LogP) is 2.27. The van der Waals surface area contributed by atoms with Gasteiger partial charge < -0.3 is 5.32 Å². The van der Waals surface area contributed by atoms with E-state index in [0.717, 1.165) is 13.1 Å². The fourth-order valence-corrected chi connectivity index (χ4v) is 2.10. The van der Waals surface area contributed by atoms with E-state index in [1.54, 1.807) is 0 Å². The molecule has 0 bridgehead atoms. The Morgan fingerprint density at radius 3 is 2.64 bits per heavy atom. The summed E-state index contributed by atoms with van der Waals surface area (Å²) in [5.74, 6) is 0.526. The lowest BCUT2D eigenvalue weighted by molar-refractivity contribution is 0.358. The molecule has 1 nitrogen and oxygen atoms in total. The molecule has 0 saturated carbocycles. The van der Waals surface area contributed by atoms with E-state index < -0.39 is 0 Å². The SMILES string of the molecule is Cc1ccc([C@H]2CNC[C@H]2CF)cc1. The fourth-order valence-electron chi connectivity index (χ4n) is 2.10. The Hall–Kier alpha value is -0.890. The highest BCUT2D eigenvalue weighted by Crippen LogP contribution is 2.28. The molecular formula is C12H16FN. The van der Waals surface area contributed by atoms with Gasteiger partial charge in [-0.15, -0.1) is 0 Å². The molecule has 14 heavy (non-hydrogen) atoms. The Bertz CT molecular complexity index is 294. The number of benzene rings is 1. The first-order valence-electron chi connectivity index (χ1n) is 5.14. The van der Waals surface area contributed by atoms with Crippen molar-refractivity contribution in [2.45, 2.75) is 12.8 Å². The van der Waals surface area contributed by atoms with Crippen LogP contribution < -0.4 is 5.32 Å². The molecule has 0 spiro atoms. The maximum atomic E-state index is 12.7. The molecule has 1 N–H and O–H groups in total. The maximum absolute atomic E-state index is 12.7. The second-order valence-electron chi connectivity index (χ2n) is 4.09. The summed E-state index contributed by atoms with van der Waals surface area (Å²) in [5, 5.41) is 3.25. The van der Waals surface area contributed by atoms with Crippen LogP contribution >= 0.6 is 0 Å². The van der Waals surface area contributed by atoms with Crippen molar-refractivity contribution in [2.24, 2.45) is 5.92 Å². The third-order valence-electron chi connectivity index (χ3n) is 3.04. The van der Waals surface area contributed by atoms with Gasteiger partial charge in [0.1, 0.15) is 0 Å². The zero-order valence-electron chi connectivity index (χ0n) is 8.46. The summed E-state index contributed by atoms with van der Waals surface area (Å²) in [4.78, 5) is 0. The van der Waals surface area contributed by atoms with Gasteiger partial charge in [-0.2, -0.15) is 0 Å². The second-order valence-corrected chi connectivity index (χ2v) is 4.09. The lowest BCUT2D eigenvalue weighted by Gasteiger charge is -2.15. The van der Waals surface area contributed by atoms with Crippen LogP contribution in [0.2, 0.25) is 0 Å². The summed E-state index contributed by atoms with van der Waals surface area (Å²) in [6.07, 6.45) is 0. The van der Waals surface area contributed by atoms with E-state index >= 15 is 0 Å². The largest absolute Gasteiger partial charge is 0.316 e. The molecule has 1 aliphatic heterocycles. The van der Waals surface area contributed by atoms with Crippen LogP contribution in [0.15, 0.2) is 24.3 Å². The number of halogens is 1. The van der Waals surface area contributed by atoms with Gasteiger partial charge in [0.2, 0.25) is 0 Å². The fraction of sp³-hybridized carbons (Fsp3) is 0.500. The van der Waals surface area contributed by atoms with Crippen molar-refractivity contribution in [3.8, 4) is 0 Å². The minimum Gasteiger partial charge on any atom is -0.316 e. The molecule has 1 fully saturated rings. The van der Waals surface area contributed by atoms with Gasteiger partial charge in [0.15, 0.2) is 0 Å². The van der Waals surface area contributed by atoms with Crippen molar-refractivity contribution in [1.82, 2.24) is 5.32 Å². The number of hydrogen-bond donors (Lipinski definition) is 1. The highest BCUT2D eigenvalue weighted by atomic mass is 19.1. The summed E-state index contributed by atoms with van der Waals surface area (Å²) in [5.41, 5.74) is 2.53. The summed E-state index contributed by atoms with van der Waals surface area (Å²) >= 11 is 0. The van der Waals surface area contributed by atoms with Gasteiger partial charge in [0.25, 0.3) is 0 Å². The van der Waals surface area contributed by atoms with E-state index in [-0.39, 0.29) is 12.6 Å². The van der Waals surface area contributed by atoms with Gasteiger partial charge in [0.05, 0.1) is 6.67 Å². The minimum absolute atomic E-state index is 0.165. The minimum atomic E-state index is -0.217. The molecule has 2 atom stereocenters. The van der Waals surface area contributed by atoms with Gasteiger partial charge in [-0.1, -0.05) is 29.8 Å². The Morgan fingerprint density at radius 1 is 1.29 bits per heavy atom. The summed E-state index contributed by atoms with van der Waals surface area (Å²) in [6.45, 7) is 3.58. The van der Waals surface area contributed by atoms with Crippen molar-refractivity contribution < 1.29 is 4.39 Å². The Kier molecular flexibility index (Phi) is 2.82. The van der Waals surface area contributed by atoms with Crippen LogP contribution in [-0.2, 0) is 0 Å². The van der Waals surface area contributed by atoms with Crippen LogP contribution in [0.1, 0.15) is 17.0 Å². The Morgan fingerprint density at radius 2 is 2.00 bits per heavy atom. The van der Waals surface area contributed by atoms with Gasteiger partial charge in [0, 0.05) is 24.9 Å². The van der Waals surface area contributed by atoms with Crippen molar-refractivity contribution in [3.63, 3.8) is 0 Å². The Labute approximate surface area is 84.3 Å². The smallest absolute Gasteiger partial charge is 0.0941 e. The zero-order valence-corrected chi connectivity index (χ0v) is 8.46. The monoisotopic (exact) mass is 193 g/mol. The number of rotatable bonds is 2. The number of alkyl halides is 1. The van der Waals surface area contributed by atoms with Crippen LogP contribution in [0.5, 0.6) is 0 Å². The number of aryl methyl sites for hydroxylation is 1. The molecule has 0 aliphatic carbocycles. The zero-order chi connectivity index (χ0) is 9.97. The molecule has 2 rings (SSSR count). The van der Waals surface area contributed by atoms with E-state index in [2.05, 4.69) is 36.5 Å². The quantitative estimate of drug-likeness (QED) is 0.759. The van der Waals surface area contributed by atoms with E-state index in [1.165, 1.54) is 11.1 Å². The molecule has 1 aromatic carbocycles. The first-order valence-corrected chi connectivity index (χ1v) is 5.14. The van der Waals surface area contributed by atoms with Crippen LogP contribution in [-0.4, -0.2) is 19.8 Å². The lowest BCUT2D eigenvalue weighted by Crippen LogP contribution is -2.12. The standard InChI is InChI=1S/C12H16FN/c1-9-2-4-10(5-3-9)12-8-14-7-11(12)6-13/h2-5,11-12,14H,6-8H2,1H3/t11-,12-/m1/s1. The first kappa shape index (κ1) is 9.66. The molecule has 0 amide bonds.